The van der Waals surface area contributed by atoms with Crippen LogP contribution < -0.4 is 9.64 Å². The third kappa shape index (κ3) is 3.25. The molecule has 0 atom stereocenters. The molecule has 0 radical (unpaired) electrons. The summed E-state index contributed by atoms with van der Waals surface area (Å²) in [7, 11) is 0. The van der Waals surface area contributed by atoms with Crippen molar-refractivity contribution in [1.82, 2.24) is 25.1 Å². The van der Waals surface area contributed by atoms with Crippen LogP contribution in [0.25, 0.3) is 22.3 Å². The number of aromatic amines is 1. The summed E-state index contributed by atoms with van der Waals surface area (Å²) < 4.78 is 11.1. The molecule has 0 aromatic carbocycles. The van der Waals surface area contributed by atoms with Crippen LogP contribution in [-0.2, 0) is 4.74 Å². The Labute approximate surface area is 145 Å². The Morgan fingerprint density at radius 3 is 2.80 bits per heavy atom. The smallest absolute Gasteiger partial charge is 0.214 e. The van der Waals surface area contributed by atoms with Crippen LogP contribution in [0.2, 0.25) is 0 Å². The molecular weight excluding hydrogens is 320 g/mol. The summed E-state index contributed by atoms with van der Waals surface area (Å²) in [6.45, 7) is 7.03. The number of nitrogens with one attached hydrogen (secondary N) is 1. The van der Waals surface area contributed by atoms with Crippen molar-refractivity contribution in [3.05, 3.63) is 24.7 Å². The van der Waals surface area contributed by atoms with E-state index in [-0.39, 0.29) is 6.10 Å². The number of rotatable bonds is 4. The first-order valence-electron chi connectivity index (χ1n) is 8.36. The van der Waals surface area contributed by atoms with Gasteiger partial charge in [0, 0.05) is 30.6 Å². The van der Waals surface area contributed by atoms with Gasteiger partial charge in [-0.25, -0.2) is 15.0 Å². The molecule has 8 nitrogen and oxygen atoms in total. The lowest BCUT2D eigenvalue weighted by Crippen LogP contribution is -2.36. The number of fused-ring (bicyclic) bond motifs is 1. The van der Waals surface area contributed by atoms with Crippen molar-refractivity contribution in [1.29, 1.82) is 0 Å². The van der Waals surface area contributed by atoms with E-state index in [9.17, 15) is 0 Å². The van der Waals surface area contributed by atoms with E-state index in [1.807, 2.05) is 26.0 Å². The Kier molecular flexibility index (Phi) is 4.19. The van der Waals surface area contributed by atoms with Gasteiger partial charge in [-0.2, -0.15) is 5.10 Å². The van der Waals surface area contributed by atoms with Crippen molar-refractivity contribution < 1.29 is 9.47 Å². The minimum Gasteiger partial charge on any atom is -0.475 e. The Hall–Kier alpha value is -2.74. The molecule has 3 aromatic rings. The molecule has 1 saturated heterocycles. The highest BCUT2D eigenvalue weighted by molar-refractivity contribution is 5.92. The highest BCUT2D eigenvalue weighted by atomic mass is 16.5. The molecule has 130 valence electrons. The fraction of sp³-hybridized carbons (Fsp3) is 0.412. The van der Waals surface area contributed by atoms with Gasteiger partial charge in [0.05, 0.1) is 36.7 Å². The zero-order valence-corrected chi connectivity index (χ0v) is 14.3. The first-order valence-corrected chi connectivity index (χ1v) is 8.36. The molecule has 4 heterocycles. The van der Waals surface area contributed by atoms with Crippen molar-refractivity contribution in [2.75, 3.05) is 31.2 Å². The van der Waals surface area contributed by atoms with E-state index in [4.69, 9.17) is 9.47 Å². The first-order chi connectivity index (χ1) is 12.2. The Balaban J connectivity index is 1.71. The second-order valence-electron chi connectivity index (χ2n) is 6.17. The van der Waals surface area contributed by atoms with Gasteiger partial charge >= 0.3 is 0 Å². The number of H-pyrrole nitrogens is 1. The molecule has 3 aromatic heterocycles. The predicted molar refractivity (Wildman–Crippen MR) is 93.7 cm³/mol. The molecule has 1 fully saturated rings. The summed E-state index contributed by atoms with van der Waals surface area (Å²) >= 11 is 0. The first kappa shape index (κ1) is 15.8. The van der Waals surface area contributed by atoms with Gasteiger partial charge in [-0.3, -0.25) is 5.10 Å². The van der Waals surface area contributed by atoms with Gasteiger partial charge in [0.15, 0.2) is 0 Å². The predicted octanol–water partition coefficient (Wildman–Crippen LogP) is 2.04. The zero-order valence-electron chi connectivity index (χ0n) is 14.3. The Bertz CT molecular complexity index is 872. The molecule has 0 amide bonds. The van der Waals surface area contributed by atoms with Crippen LogP contribution in [0.4, 0.5) is 5.82 Å². The molecule has 1 N–H and O–H groups in total. The number of nitrogens with zero attached hydrogens (tertiary/aromatic N) is 5. The summed E-state index contributed by atoms with van der Waals surface area (Å²) in [5.41, 5.74) is 2.38. The lowest BCUT2D eigenvalue weighted by Gasteiger charge is -2.27. The van der Waals surface area contributed by atoms with Crippen LogP contribution in [0, 0.1) is 0 Å². The number of ether oxygens (including phenoxy) is 2. The molecule has 0 aliphatic carbocycles. The van der Waals surface area contributed by atoms with E-state index in [2.05, 4.69) is 30.0 Å². The largest absolute Gasteiger partial charge is 0.475 e. The quantitative estimate of drug-likeness (QED) is 0.777. The van der Waals surface area contributed by atoms with Crippen LogP contribution in [0.1, 0.15) is 13.8 Å². The minimum atomic E-state index is 0.0623. The number of hydrogen-bond donors (Lipinski definition) is 1. The molecule has 4 rings (SSSR count). The second kappa shape index (κ2) is 6.64. The zero-order chi connectivity index (χ0) is 17.2. The molecule has 8 heteroatoms. The van der Waals surface area contributed by atoms with E-state index in [1.165, 1.54) is 0 Å². The fourth-order valence-electron chi connectivity index (χ4n) is 2.84. The molecule has 1 aliphatic rings. The maximum absolute atomic E-state index is 5.69. The number of morpholine rings is 1. The average molecular weight is 340 g/mol. The highest BCUT2D eigenvalue weighted by Crippen LogP contribution is 2.28. The number of aromatic nitrogens is 5. The summed E-state index contributed by atoms with van der Waals surface area (Å²) in [5, 5.41) is 8.35. The van der Waals surface area contributed by atoms with Gasteiger partial charge < -0.3 is 14.4 Å². The number of hydrogen-bond acceptors (Lipinski definition) is 7. The average Bonchev–Trinajstić information content (AvgIpc) is 3.05. The molecule has 0 bridgehead atoms. The van der Waals surface area contributed by atoms with Crippen molar-refractivity contribution >= 4 is 16.7 Å². The number of pyridine rings is 1. The van der Waals surface area contributed by atoms with Crippen molar-refractivity contribution in [3.63, 3.8) is 0 Å². The molecular formula is C17H20N6O2. The molecule has 0 saturated carbocycles. The monoisotopic (exact) mass is 340 g/mol. The molecule has 1 aliphatic heterocycles. The summed E-state index contributed by atoms with van der Waals surface area (Å²) in [6, 6.07) is 3.86. The topological polar surface area (TPSA) is 89.0 Å². The fourth-order valence-corrected chi connectivity index (χ4v) is 2.84. The van der Waals surface area contributed by atoms with E-state index in [0.29, 0.717) is 19.1 Å². The number of anilines is 1. The minimum absolute atomic E-state index is 0.0623. The molecule has 0 unspecified atom stereocenters. The van der Waals surface area contributed by atoms with Gasteiger partial charge in [0.2, 0.25) is 5.88 Å². The van der Waals surface area contributed by atoms with Crippen LogP contribution in [0.3, 0.4) is 0 Å². The molecule has 0 spiro atoms. The van der Waals surface area contributed by atoms with Gasteiger partial charge in [0.1, 0.15) is 17.8 Å². The normalized spacial score (nSPS) is 15.1. The van der Waals surface area contributed by atoms with Gasteiger partial charge in [-0.15, -0.1) is 0 Å². The SMILES string of the molecule is CC(C)Oc1cc2c(-c3cc(N4CCOCC4)ncn3)n[nH]c2cn1. The van der Waals surface area contributed by atoms with Crippen molar-refractivity contribution in [3.8, 4) is 17.3 Å². The summed E-state index contributed by atoms with van der Waals surface area (Å²) in [4.78, 5) is 15.3. The maximum Gasteiger partial charge on any atom is 0.214 e. The van der Waals surface area contributed by atoms with Gasteiger partial charge in [-0.05, 0) is 13.8 Å². The van der Waals surface area contributed by atoms with Crippen LogP contribution in [0.15, 0.2) is 24.7 Å². The standard InChI is InChI=1S/C17H20N6O2/c1-11(2)25-16-7-12-14(9-18-16)21-22-17(12)13-8-15(20-10-19-13)23-3-5-24-6-4-23/h7-11H,3-6H2,1-2H3,(H,21,22). The van der Waals surface area contributed by atoms with E-state index in [0.717, 1.165) is 41.2 Å². The van der Waals surface area contributed by atoms with E-state index >= 15 is 0 Å². The van der Waals surface area contributed by atoms with Gasteiger partial charge in [0.25, 0.3) is 0 Å². The highest BCUT2D eigenvalue weighted by Gasteiger charge is 2.16. The van der Waals surface area contributed by atoms with E-state index < -0.39 is 0 Å². The van der Waals surface area contributed by atoms with Crippen LogP contribution in [0.5, 0.6) is 5.88 Å². The molecule has 25 heavy (non-hydrogen) atoms. The third-order valence-electron chi connectivity index (χ3n) is 4.01. The lowest BCUT2D eigenvalue weighted by molar-refractivity contribution is 0.122. The van der Waals surface area contributed by atoms with Gasteiger partial charge in [-0.1, -0.05) is 0 Å². The Morgan fingerprint density at radius 1 is 1.16 bits per heavy atom. The van der Waals surface area contributed by atoms with Crippen LogP contribution >= 0.6 is 0 Å². The van der Waals surface area contributed by atoms with Crippen LogP contribution in [-0.4, -0.2) is 57.6 Å². The van der Waals surface area contributed by atoms with Crippen molar-refractivity contribution in [2.45, 2.75) is 20.0 Å². The third-order valence-corrected chi connectivity index (χ3v) is 4.01. The lowest BCUT2D eigenvalue weighted by atomic mass is 10.2. The maximum atomic E-state index is 5.69. The Morgan fingerprint density at radius 2 is 2.00 bits per heavy atom. The second-order valence-corrected chi connectivity index (χ2v) is 6.17. The summed E-state index contributed by atoms with van der Waals surface area (Å²) in [6.07, 6.45) is 3.37. The summed E-state index contributed by atoms with van der Waals surface area (Å²) in [5.74, 6) is 1.46. The van der Waals surface area contributed by atoms with E-state index in [1.54, 1.807) is 12.5 Å². The van der Waals surface area contributed by atoms with Crippen molar-refractivity contribution in [2.24, 2.45) is 0 Å².